The number of rotatable bonds is 6. The van der Waals surface area contributed by atoms with Crippen LogP contribution < -0.4 is 5.32 Å². The molecule has 0 amide bonds. The van der Waals surface area contributed by atoms with Crippen molar-refractivity contribution in [3.8, 4) is 0 Å². The first-order valence-corrected chi connectivity index (χ1v) is 7.97. The molecule has 0 aliphatic carbocycles. The molecule has 3 rings (SSSR count). The Bertz CT molecular complexity index is 729. The minimum Gasteiger partial charge on any atom is -0.352 e. The van der Waals surface area contributed by atoms with E-state index in [9.17, 15) is 0 Å². The molecule has 0 spiro atoms. The Kier molecular flexibility index (Phi) is 4.42. The minimum atomic E-state index is 0.683. The Morgan fingerprint density at radius 3 is 2.50 bits per heavy atom. The molecular weight excluding hydrogens is 270 g/mol. The van der Waals surface area contributed by atoms with Crippen molar-refractivity contribution >= 4 is 17.0 Å². The van der Waals surface area contributed by atoms with Crippen molar-refractivity contribution in [3.05, 3.63) is 60.2 Å². The molecule has 0 aliphatic heterocycles. The molecule has 0 unspecified atom stereocenters. The minimum absolute atomic E-state index is 0.683. The van der Waals surface area contributed by atoms with Crippen LogP contribution >= 0.6 is 0 Å². The zero-order chi connectivity index (χ0) is 15.4. The summed E-state index contributed by atoms with van der Waals surface area (Å²) < 4.78 is 2.30. The molecule has 0 bridgehead atoms. The number of aryl methyl sites for hydroxylation is 1. The number of para-hydroxylation sites is 2. The monoisotopic (exact) mass is 293 g/mol. The van der Waals surface area contributed by atoms with Crippen LogP contribution in [-0.4, -0.2) is 9.55 Å². The summed E-state index contributed by atoms with van der Waals surface area (Å²) in [7, 11) is 0. The van der Waals surface area contributed by atoms with Gasteiger partial charge in [-0.3, -0.25) is 0 Å². The summed E-state index contributed by atoms with van der Waals surface area (Å²) >= 11 is 0. The van der Waals surface area contributed by atoms with E-state index in [0.717, 1.165) is 31.0 Å². The summed E-state index contributed by atoms with van der Waals surface area (Å²) in [6.45, 7) is 6.31. The van der Waals surface area contributed by atoms with Gasteiger partial charge in [0.2, 0.25) is 5.95 Å². The molecule has 3 aromatic rings. The first kappa shape index (κ1) is 14.6. The van der Waals surface area contributed by atoms with Gasteiger partial charge in [0, 0.05) is 13.1 Å². The molecule has 2 aromatic carbocycles. The highest BCUT2D eigenvalue weighted by Crippen LogP contribution is 2.21. The van der Waals surface area contributed by atoms with Crippen LogP contribution in [0.15, 0.2) is 54.6 Å². The van der Waals surface area contributed by atoms with E-state index >= 15 is 0 Å². The van der Waals surface area contributed by atoms with Gasteiger partial charge in [-0.05, 0) is 30.0 Å². The molecule has 0 atom stereocenters. The average molecular weight is 293 g/mol. The Balaban J connectivity index is 1.85. The van der Waals surface area contributed by atoms with Gasteiger partial charge in [-0.15, -0.1) is 0 Å². The molecule has 114 valence electrons. The highest BCUT2D eigenvalue weighted by Gasteiger charge is 2.10. The average Bonchev–Trinajstić information content (AvgIpc) is 2.89. The molecule has 1 heterocycles. The number of benzene rings is 2. The van der Waals surface area contributed by atoms with Crippen molar-refractivity contribution in [1.29, 1.82) is 0 Å². The van der Waals surface area contributed by atoms with Gasteiger partial charge in [0.15, 0.2) is 0 Å². The first-order chi connectivity index (χ1) is 10.7. The van der Waals surface area contributed by atoms with Crippen molar-refractivity contribution in [2.24, 2.45) is 5.92 Å². The number of hydrogen-bond donors (Lipinski definition) is 1. The second kappa shape index (κ2) is 6.65. The highest BCUT2D eigenvalue weighted by molar-refractivity contribution is 5.78. The highest BCUT2D eigenvalue weighted by atomic mass is 15.2. The molecule has 0 saturated heterocycles. The molecule has 22 heavy (non-hydrogen) atoms. The summed E-state index contributed by atoms with van der Waals surface area (Å²) in [5.41, 5.74) is 3.53. The van der Waals surface area contributed by atoms with Crippen LogP contribution in [0.4, 0.5) is 5.95 Å². The number of imidazole rings is 1. The van der Waals surface area contributed by atoms with E-state index in [4.69, 9.17) is 4.98 Å². The summed E-state index contributed by atoms with van der Waals surface area (Å²) in [5, 5.41) is 3.49. The van der Waals surface area contributed by atoms with Crippen molar-refractivity contribution in [2.75, 3.05) is 5.32 Å². The third-order valence-electron chi connectivity index (χ3n) is 3.88. The normalized spacial score (nSPS) is 11.2. The molecule has 0 radical (unpaired) electrons. The van der Waals surface area contributed by atoms with Crippen LogP contribution in [0.25, 0.3) is 11.0 Å². The Morgan fingerprint density at radius 1 is 1.00 bits per heavy atom. The van der Waals surface area contributed by atoms with Crippen LogP contribution in [0, 0.1) is 5.92 Å². The summed E-state index contributed by atoms with van der Waals surface area (Å²) in [4.78, 5) is 4.76. The summed E-state index contributed by atoms with van der Waals surface area (Å²) in [6.07, 6.45) is 1.15. The Labute approximate surface area is 132 Å². The standard InChI is InChI=1S/C19H23N3/c1-15(2)12-13-22-18-11-7-6-10-17(18)21-19(22)20-14-16-8-4-3-5-9-16/h3-11,15H,12-14H2,1-2H3,(H,20,21). The van der Waals surface area contributed by atoms with E-state index < -0.39 is 0 Å². The van der Waals surface area contributed by atoms with Crippen molar-refractivity contribution in [3.63, 3.8) is 0 Å². The van der Waals surface area contributed by atoms with Gasteiger partial charge >= 0.3 is 0 Å². The number of aromatic nitrogens is 2. The lowest BCUT2D eigenvalue weighted by atomic mass is 10.1. The fourth-order valence-corrected chi connectivity index (χ4v) is 2.60. The lowest BCUT2D eigenvalue weighted by Crippen LogP contribution is -2.09. The first-order valence-electron chi connectivity index (χ1n) is 7.97. The maximum absolute atomic E-state index is 4.76. The van der Waals surface area contributed by atoms with Crippen LogP contribution in [0.2, 0.25) is 0 Å². The Hall–Kier alpha value is -2.29. The predicted octanol–water partition coefficient (Wildman–Crippen LogP) is 4.69. The lowest BCUT2D eigenvalue weighted by molar-refractivity contribution is 0.525. The third-order valence-corrected chi connectivity index (χ3v) is 3.88. The second-order valence-corrected chi connectivity index (χ2v) is 6.10. The van der Waals surface area contributed by atoms with E-state index in [-0.39, 0.29) is 0 Å². The SMILES string of the molecule is CC(C)CCn1c(NCc2ccccc2)nc2ccccc21. The molecule has 0 saturated carbocycles. The quantitative estimate of drug-likeness (QED) is 0.714. The van der Waals surface area contributed by atoms with Gasteiger partial charge in [0.05, 0.1) is 11.0 Å². The molecule has 3 heteroatoms. The van der Waals surface area contributed by atoms with E-state index in [1.165, 1.54) is 11.1 Å². The summed E-state index contributed by atoms with van der Waals surface area (Å²) in [6, 6.07) is 18.8. The second-order valence-electron chi connectivity index (χ2n) is 6.10. The van der Waals surface area contributed by atoms with E-state index in [2.05, 4.69) is 66.2 Å². The molecular formula is C19H23N3. The van der Waals surface area contributed by atoms with E-state index in [1.807, 2.05) is 12.1 Å². The zero-order valence-corrected chi connectivity index (χ0v) is 13.3. The van der Waals surface area contributed by atoms with Crippen molar-refractivity contribution in [2.45, 2.75) is 33.4 Å². The largest absolute Gasteiger partial charge is 0.352 e. The number of fused-ring (bicyclic) bond motifs is 1. The number of hydrogen-bond acceptors (Lipinski definition) is 2. The third kappa shape index (κ3) is 3.30. The van der Waals surface area contributed by atoms with Crippen LogP contribution in [-0.2, 0) is 13.1 Å². The van der Waals surface area contributed by atoms with Gasteiger partial charge in [0.25, 0.3) is 0 Å². The molecule has 1 aromatic heterocycles. The van der Waals surface area contributed by atoms with Gasteiger partial charge < -0.3 is 9.88 Å². The molecule has 1 N–H and O–H groups in total. The fourth-order valence-electron chi connectivity index (χ4n) is 2.60. The lowest BCUT2D eigenvalue weighted by Gasteiger charge is -2.12. The van der Waals surface area contributed by atoms with Crippen LogP contribution in [0.1, 0.15) is 25.8 Å². The fraction of sp³-hybridized carbons (Fsp3) is 0.316. The van der Waals surface area contributed by atoms with Gasteiger partial charge in [-0.1, -0.05) is 56.3 Å². The Morgan fingerprint density at radius 2 is 1.73 bits per heavy atom. The topological polar surface area (TPSA) is 29.9 Å². The molecule has 0 fully saturated rings. The maximum Gasteiger partial charge on any atom is 0.204 e. The number of nitrogens with one attached hydrogen (secondary N) is 1. The predicted molar refractivity (Wildman–Crippen MR) is 93.0 cm³/mol. The molecule has 0 aliphatic rings. The van der Waals surface area contributed by atoms with Gasteiger partial charge in [0.1, 0.15) is 0 Å². The number of anilines is 1. The van der Waals surface area contributed by atoms with Crippen LogP contribution in [0.5, 0.6) is 0 Å². The van der Waals surface area contributed by atoms with Gasteiger partial charge in [-0.25, -0.2) is 4.98 Å². The number of nitrogens with zero attached hydrogens (tertiary/aromatic N) is 2. The van der Waals surface area contributed by atoms with E-state index in [1.54, 1.807) is 0 Å². The van der Waals surface area contributed by atoms with E-state index in [0.29, 0.717) is 5.92 Å². The van der Waals surface area contributed by atoms with Crippen molar-refractivity contribution < 1.29 is 0 Å². The van der Waals surface area contributed by atoms with Gasteiger partial charge in [-0.2, -0.15) is 0 Å². The zero-order valence-electron chi connectivity index (χ0n) is 13.3. The van der Waals surface area contributed by atoms with Crippen molar-refractivity contribution in [1.82, 2.24) is 9.55 Å². The maximum atomic E-state index is 4.76. The molecule has 3 nitrogen and oxygen atoms in total. The summed E-state index contributed by atoms with van der Waals surface area (Å²) in [5.74, 6) is 1.65. The van der Waals surface area contributed by atoms with Crippen LogP contribution in [0.3, 0.4) is 0 Å². The smallest absolute Gasteiger partial charge is 0.204 e.